The van der Waals surface area contributed by atoms with Crippen molar-refractivity contribution >= 4 is 56.9 Å². The van der Waals surface area contributed by atoms with Gasteiger partial charge < -0.3 is 32.3 Å². The first-order chi connectivity index (χ1) is 34.4. The first-order valence-electron chi connectivity index (χ1n) is 22.3. The predicted molar refractivity (Wildman–Crippen MR) is 266 cm³/mol. The van der Waals surface area contributed by atoms with Crippen molar-refractivity contribution in [3.63, 3.8) is 0 Å². The number of amidine groups is 2. The normalized spacial score (nSPS) is 18.6. The first-order valence-corrected chi connectivity index (χ1v) is 25.5. The monoisotopic (exact) mass is 1060 g/mol. The molecule has 4 aliphatic heterocycles. The Labute approximate surface area is 416 Å². The number of morpholine rings is 2. The van der Waals surface area contributed by atoms with Gasteiger partial charge in [-0.1, -0.05) is 43.2 Å². The van der Waals surface area contributed by atoms with Crippen molar-refractivity contribution in [1.82, 2.24) is 29.1 Å². The van der Waals surface area contributed by atoms with Crippen LogP contribution in [0.5, 0.6) is 17.2 Å². The highest BCUT2D eigenvalue weighted by molar-refractivity contribution is 8.45. The highest BCUT2D eigenvalue weighted by atomic mass is 32.5. The summed E-state index contributed by atoms with van der Waals surface area (Å²) in [6.45, 7) is 9.43. The van der Waals surface area contributed by atoms with Gasteiger partial charge in [0.2, 0.25) is 0 Å². The molecule has 6 aromatic rings. The quantitative estimate of drug-likeness (QED) is 0.115. The zero-order chi connectivity index (χ0) is 52.2. The van der Waals surface area contributed by atoms with Crippen LogP contribution in [0.3, 0.4) is 0 Å². The van der Waals surface area contributed by atoms with E-state index in [1.807, 2.05) is 102 Å². The number of aliphatic imine (C=N–C) groups is 2. The number of aromatic nitrogens is 4. The Bertz CT molecular complexity index is 3180. The van der Waals surface area contributed by atoms with Gasteiger partial charge in [-0.3, -0.25) is 20.0 Å². The van der Waals surface area contributed by atoms with Crippen LogP contribution in [0.15, 0.2) is 136 Å². The molecule has 0 radical (unpaired) electrons. The predicted octanol–water partition coefficient (Wildman–Crippen LogP) is 12.5. The molecular weight excluding hydrogens is 1010 g/mol. The third kappa shape index (κ3) is 11.0. The van der Waals surface area contributed by atoms with Gasteiger partial charge in [0.25, 0.3) is 0 Å². The molecule has 2 fully saturated rings. The average Bonchev–Trinajstić information content (AvgIpc) is 4.14. The smallest absolute Gasteiger partial charge is 0.391 e. The fourth-order valence-corrected chi connectivity index (χ4v) is 9.49. The molecule has 0 unspecified atom stereocenters. The number of halogens is 8. The molecule has 0 bridgehead atoms. The second-order valence-corrected chi connectivity index (χ2v) is 20.6. The van der Waals surface area contributed by atoms with Gasteiger partial charge in [-0.05, 0) is 124 Å². The molecule has 6 heterocycles. The van der Waals surface area contributed by atoms with E-state index in [1.165, 1.54) is 12.1 Å². The summed E-state index contributed by atoms with van der Waals surface area (Å²) in [6.07, 6.45) is 10.9. The summed E-state index contributed by atoms with van der Waals surface area (Å²) in [5, 5.41) is 7.31. The summed E-state index contributed by atoms with van der Waals surface area (Å²) >= 11 is -5.59. The van der Waals surface area contributed by atoms with Crippen LogP contribution in [-0.2, 0) is 9.47 Å². The largest absolute Gasteiger partial charge is 0.495 e. The van der Waals surface area contributed by atoms with Gasteiger partial charge in [0.05, 0.1) is 74.1 Å². The van der Waals surface area contributed by atoms with Crippen molar-refractivity contribution < 1.29 is 54.2 Å². The fraction of sp³-hybridized carbons (Fsp3) is 0.250. The average molecular weight is 1060 g/mol. The molecule has 0 aliphatic carbocycles. The molecule has 0 amide bonds. The Balaban J connectivity index is 0.000000180. The maximum absolute atomic E-state index is 13.1. The van der Waals surface area contributed by atoms with Gasteiger partial charge in [0.15, 0.2) is 23.2 Å². The number of aryl methyl sites for hydroxylation is 2. The van der Waals surface area contributed by atoms with Crippen molar-refractivity contribution in [1.29, 1.82) is 0 Å². The third-order valence-electron chi connectivity index (χ3n) is 11.7. The number of nitrogens with zero attached hydrogens (tertiary/aromatic N) is 10. The van der Waals surface area contributed by atoms with E-state index in [-0.39, 0.29) is 12.4 Å². The second-order valence-electron chi connectivity index (χ2n) is 17.3. The van der Waals surface area contributed by atoms with E-state index in [1.54, 1.807) is 55.1 Å². The Morgan fingerprint density at radius 2 is 1.15 bits per heavy atom. The molecule has 2 saturated heterocycles. The summed E-state index contributed by atoms with van der Waals surface area (Å²) in [5.74, 6) is 3.26. The van der Waals surface area contributed by atoms with Crippen LogP contribution >= 0.6 is 21.7 Å². The zero-order valence-corrected chi connectivity index (χ0v) is 41.6. The van der Waals surface area contributed by atoms with E-state index < -0.39 is 32.2 Å². The van der Waals surface area contributed by atoms with Crippen molar-refractivity contribution in [2.24, 2.45) is 9.98 Å². The van der Waals surface area contributed by atoms with E-state index >= 15 is 0 Å². The van der Waals surface area contributed by atoms with Gasteiger partial charge in [-0.2, -0.15) is 0 Å². The van der Waals surface area contributed by atoms with Crippen LogP contribution < -0.4 is 23.7 Å². The molecule has 4 aromatic carbocycles. The van der Waals surface area contributed by atoms with Crippen molar-refractivity contribution in [2.75, 3.05) is 57.2 Å². The lowest BCUT2D eigenvalue weighted by atomic mass is 10.1. The summed E-state index contributed by atoms with van der Waals surface area (Å²) in [5.41, 5.74) is 5.39. The number of methoxy groups -OCH3 is 2. The first kappa shape index (κ1) is 50.4. The number of rotatable bonds is 11. The van der Waals surface area contributed by atoms with Crippen LogP contribution in [0.1, 0.15) is 36.4 Å². The topological polar surface area (TPSA) is 119 Å². The van der Waals surface area contributed by atoms with Gasteiger partial charge in [-0.25, -0.2) is 20.0 Å². The Kier molecular flexibility index (Phi) is 12.6. The molecule has 73 heavy (non-hydrogen) atoms. The van der Waals surface area contributed by atoms with Gasteiger partial charge >= 0.3 is 21.7 Å². The highest BCUT2D eigenvalue weighted by Crippen LogP contribution is 3.02. The number of hydrazine groups is 2. The molecular formula is C48H48F8N10O5S2. The van der Waals surface area contributed by atoms with Crippen LogP contribution in [0, 0.1) is 13.8 Å². The van der Waals surface area contributed by atoms with Gasteiger partial charge in [0.1, 0.15) is 47.7 Å². The number of benzene rings is 4. The lowest BCUT2D eigenvalue weighted by Crippen LogP contribution is -2.52. The van der Waals surface area contributed by atoms with E-state index in [9.17, 15) is 31.1 Å². The molecule has 15 nitrogen and oxygen atoms in total. The molecule has 0 saturated carbocycles. The summed E-state index contributed by atoms with van der Waals surface area (Å²) < 4.78 is 134. The minimum Gasteiger partial charge on any atom is -0.495 e. The lowest BCUT2D eigenvalue weighted by molar-refractivity contribution is 0.164. The Morgan fingerprint density at radius 3 is 1.63 bits per heavy atom. The fourth-order valence-electron chi connectivity index (χ4n) is 8.51. The maximum atomic E-state index is 13.1. The number of fused-ring (bicyclic) bond motifs is 2. The van der Waals surface area contributed by atoms with E-state index in [0.29, 0.717) is 84.5 Å². The van der Waals surface area contributed by atoms with E-state index in [0.717, 1.165) is 46.0 Å². The summed E-state index contributed by atoms with van der Waals surface area (Å²) in [4.78, 5) is 16.0. The maximum Gasteiger partial charge on any atom is 0.391 e. The van der Waals surface area contributed by atoms with Crippen LogP contribution in [0.2, 0.25) is 0 Å². The Hall–Kier alpha value is -7.54. The van der Waals surface area contributed by atoms with Crippen LogP contribution in [0.4, 0.5) is 42.5 Å². The number of ether oxygens (including phenoxy) is 4. The van der Waals surface area contributed by atoms with Gasteiger partial charge in [0, 0.05) is 12.4 Å². The van der Waals surface area contributed by atoms with Gasteiger partial charge in [-0.15, -0.1) is 0 Å². The third-order valence-corrected chi connectivity index (χ3v) is 13.2. The summed E-state index contributed by atoms with van der Waals surface area (Å²) in [7, 11) is -6.55. The molecule has 0 N–H and O–H groups in total. The molecule has 0 spiro atoms. The summed E-state index contributed by atoms with van der Waals surface area (Å²) in [6, 6.07) is 20.1. The SMILES string of the molecule is COc1cc(/C=C2\OCCN3C2=NC(C)(C)N3c2ccc(OS(F)(F)F)cc2)ccc1-n1cnc(C)c1.COc1cc(/C=C2\OCCN3C2=NCN3c2ccc(S(F)(F)(F)(F)F)cc2)ccc1-n1cnc(C)c1. The van der Waals surface area contributed by atoms with Crippen LogP contribution in [-0.4, -0.2) is 93.6 Å². The number of imidazole rings is 2. The molecule has 25 heteroatoms. The number of hydrogen-bond donors (Lipinski definition) is 0. The van der Waals surface area contributed by atoms with E-state index in [2.05, 4.69) is 19.1 Å². The Morgan fingerprint density at radius 1 is 0.644 bits per heavy atom. The standard InChI is InChI=1S/C25H26F3N5O3S.C23H22F5N5O2S/c1-17-15-31(16-29-17)21-10-5-18(13-22(21)34-4)14-23-24-30-25(2,3)33(32(24)11-12-35-23)19-6-8-20(9-7-19)36-37(26,27)28;1-16-13-31(14-29-16)20-8-3-17(11-21(20)34-2)12-22-23-30-15-33(32(23)9-10-35-22)18-4-6-19(7-5-18)36(24,25,26,27)28/h5-10,13-16H,11-12H2,1-4H3;3-8,11-14H,9-10,15H2,1-2H3/b23-14-;22-12-. The molecule has 2 aromatic heterocycles. The zero-order valence-electron chi connectivity index (χ0n) is 39.9. The van der Waals surface area contributed by atoms with Crippen molar-refractivity contribution in [3.8, 4) is 28.6 Å². The number of hydrogen-bond acceptors (Lipinski definition) is 13. The molecule has 10 rings (SSSR count). The van der Waals surface area contributed by atoms with Crippen molar-refractivity contribution in [2.45, 2.75) is 38.3 Å². The van der Waals surface area contributed by atoms with E-state index in [4.69, 9.17) is 23.9 Å². The molecule has 388 valence electrons. The van der Waals surface area contributed by atoms with Crippen LogP contribution in [0.25, 0.3) is 23.5 Å². The number of anilines is 2. The molecule has 0 atom stereocenters. The van der Waals surface area contributed by atoms with Crippen molar-refractivity contribution in [3.05, 3.63) is 144 Å². The lowest BCUT2D eigenvalue weighted by Gasteiger charge is -2.41. The minimum atomic E-state index is -9.73. The molecule has 4 aliphatic rings. The minimum absolute atomic E-state index is 0.105. The highest BCUT2D eigenvalue weighted by Gasteiger charge is 2.65. The second kappa shape index (κ2) is 18.2.